The summed E-state index contributed by atoms with van der Waals surface area (Å²) in [6, 6.07) is 17.1. The van der Waals surface area contributed by atoms with Crippen molar-refractivity contribution in [3.05, 3.63) is 71.3 Å². The number of hydrogen-bond acceptors (Lipinski definition) is 3. The lowest BCUT2D eigenvalue weighted by Crippen LogP contribution is -2.28. The summed E-state index contributed by atoms with van der Waals surface area (Å²) in [7, 11) is 0. The van der Waals surface area contributed by atoms with Gasteiger partial charge in [0, 0.05) is 24.4 Å². The molecule has 0 fully saturated rings. The van der Waals surface area contributed by atoms with Gasteiger partial charge in [-0.2, -0.15) is 0 Å². The first-order valence-corrected chi connectivity index (χ1v) is 7.30. The molecule has 2 aromatic rings. The fraction of sp³-hybridized carbons (Fsp3) is 0.222. The first-order chi connectivity index (χ1) is 10.7. The molecule has 1 N–H and O–H groups in total. The smallest absolute Gasteiger partial charge is 0.407 e. The lowest BCUT2D eigenvalue weighted by molar-refractivity contribution is 0.0986. The van der Waals surface area contributed by atoms with Crippen LogP contribution < -0.4 is 5.32 Å². The van der Waals surface area contributed by atoms with E-state index >= 15 is 0 Å². The molecule has 1 atom stereocenters. The topological polar surface area (TPSA) is 55.4 Å². The molecule has 4 nitrogen and oxygen atoms in total. The van der Waals surface area contributed by atoms with E-state index in [2.05, 4.69) is 5.32 Å². The maximum atomic E-state index is 11.9. The number of alkyl carbamates (subject to hydrolysis) is 1. The molecule has 0 heterocycles. The Hall–Kier alpha value is -2.62. The van der Waals surface area contributed by atoms with Crippen molar-refractivity contribution in [2.75, 3.05) is 6.54 Å². The molecule has 1 unspecified atom stereocenters. The summed E-state index contributed by atoms with van der Waals surface area (Å²) < 4.78 is 5.17. The van der Waals surface area contributed by atoms with E-state index in [0.29, 0.717) is 13.0 Å². The Labute approximate surface area is 129 Å². The standard InChI is InChI=1S/C18H17NO3/c20-17-10-14(15-8-4-5-9-16(15)17)11-19-18(21)22-12-13-6-2-1-3-7-13/h1-9,14H,10-12H2,(H,19,21). The average molecular weight is 295 g/mol. The number of carbonyl (C=O) groups excluding carboxylic acids is 2. The monoisotopic (exact) mass is 295 g/mol. The zero-order valence-electron chi connectivity index (χ0n) is 12.1. The molecule has 1 aliphatic rings. The van der Waals surface area contributed by atoms with Crippen LogP contribution in [0.25, 0.3) is 0 Å². The van der Waals surface area contributed by atoms with E-state index in [1.165, 1.54) is 0 Å². The van der Waals surface area contributed by atoms with Crippen molar-refractivity contribution in [3.8, 4) is 0 Å². The molecule has 0 saturated heterocycles. The van der Waals surface area contributed by atoms with Crippen molar-refractivity contribution in [2.45, 2.75) is 18.9 Å². The van der Waals surface area contributed by atoms with E-state index in [4.69, 9.17) is 4.74 Å². The van der Waals surface area contributed by atoms with E-state index in [-0.39, 0.29) is 18.3 Å². The second-order valence-corrected chi connectivity index (χ2v) is 5.35. The Morgan fingerprint density at radius 3 is 2.64 bits per heavy atom. The number of hydrogen-bond donors (Lipinski definition) is 1. The minimum absolute atomic E-state index is 0.0352. The molecule has 1 amide bonds. The predicted molar refractivity (Wildman–Crippen MR) is 82.8 cm³/mol. The Kier molecular flexibility index (Phi) is 4.19. The lowest BCUT2D eigenvalue weighted by atomic mass is 10.0. The molecular formula is C18H17NO3. The van der Waals surface area contributed by atoms with Gasteiger partial charge in [-0.15, -0.1) is 0 Å². The number of ether oxygens (including phenoxy) is 1. The molecule has 4 heteroatoms. The number of rotatable bonds is 4. The number of Topliss-reactive ketones (excluding diaryl/α,β-unsaturated/α-hetero) is 1. The third-order valence-electron chi connectivity index (χ3n) is 3.84. The summed E-state index contributed by atoms with van der Waals surface area (Å²) in [6.07, 6.45) is -0.0149. The third kappa shape index (κ3) is 3.17. The van der Waals surface area contributed by atoms with E-state index in [1.54, 1.807) is 0 Å². The number of amides is 1. The van der Waals surface area contributed by atoms with Crippen molar-refractivity contribution >= 4 is 11.9 Å². The molecule has 0 bridgehead atoms. The molecular weight excluding hydrogens is 278 g/mol. The second-order valence-electron chi connectivity index (χ2n) is 5.35. The maximum absolute atomic E-state index is 11.9. The van der Waals surface area contributed by atoms with Crippen LogP contribution in [0.4, 0.5) is 4.79 Å². The Balaban J connectivity index is 1.51. The van der Waals surface area contributed by atoms with E-state index in [9.17, 15) is 9.59 Å². The third-order valence-corrected chi connectivity index (χ3v) is 3.84. The number of nitrogens with one attached hydrogen (secondary N) is 1. The average Bonchev–Trinajstić information content (AvgIpc) is 2.89. The molecule has 2 aromatic carbocycles. The first-order valence-electron chi connectivity index (χ1n) is 7.30. The van der Waals surface area contributed by atoms with Crippen molar-refractivity contribution in [1.29, 1.82) is 0 Å². The molecule has 0 aromatic heterocycles. The highest BCUT2D eigenvalue weighted by molar-refractivity contribution is 6.01. The van der Waals surface area contributed by atoms with Gasteiger partial charge in [-0.1, -0.05) is 54.6 Å². The van der Waals surface area contributed by atoms with Gasteiger partial charge in [-0.3, -0.25) is 4.79 Å². The van der Waals surface area contributed by atoms with E-state index in [0.717, 1.165) is 16.7 Å². The molecule has 0 aliphatic heterocycles. The van der Waals surface area contributed by atoms with Gasteiger partial charge in [0.15, 0.2) is 5.78 Å². The molecule has 0 saturated carbocycles. The summed E-state index contributed by atoms with van der Waals surface area (Å²) >= 11 is 0. The molecule has 0 spiro atoms. The summed E-state index contributed by atoms with van der Waals surface area (Å²) in [5.74, 6) is 0.174. The van der Waals surface area contributed by atoms with Gasteiger partial charge in [-0.05, 0) is 11.1 Å². The normalized spacial score (nSPS) is 16.2. The van der Waals surface area contributed by atoms with E-state index in [1.807, 2.05) is 54.6 Å². The second kappa shape index (κ2) is 6.43. The zero-order valence-corrected chi connectivity index (χ0v) is 12.1. The van der Waals surface area contributed by atoms with E-state index < -0.39 is 6.09 Å². The SMILES string of the molecule is O=C(NCC1CC(=O)c2ccccc21)OCc1ccccc1. The minimum atomic E-state index is -0.458. The maximum Gasteiger partial charge on any atom is 0.407 e. The van der Waals surface area contributed by atoms with Gasteiger partial charge in [-0.25, -0.2) is 4.79 Å². The summed E-state index contributed by atoms with van der Waals surface area (Å²) in [6.45, 7) is 0.656. The van der Waals surface area contributed by atoms with Crippen LogP contribution in [-0.4, -0.2) is 18.4 Å². The van der Waals surface area contributed by atoms with Crippen LogP contribution in [0.2, 0.25) is 0 Å². The highest BCUT2D eigenvalue weighted by atomic mass is 16.5. The van der Waals surface area contributed by atoms with Crippen LogP contribution in [0, 0.1) is 0 Å². The van der Waals surface area contributed by atoms with Crippen LogP contribution in [0.5, 0.6) is 0 Å². The van der Waals surface area contributed by atoms with Gasteiger partial charge < -0.3 is 10.1 Å². The van der Waals surface area contributed by atoms with Crippen LogP contribution in [-0.2, 0) is 11.3 Å². The van der Waals surface area contributed by atoms with Crippen LogP contribution in [0.1, 0.15) is 33.8 Å². The molecule has 0 radical (unpaired) electrons. The minimum Gasteiger partial charge on any atom is -0.445 e. The van der Waals surface area contributed by atoms with Crippen molar-refractivity contribution in [2.24, 2.45) is 0 Å². The number of fused-ring (bicyclic) bond motifs is 1. The summed E-state index contributed by atoms with van der Waals surface area (Å²) in [5, 5.41) is 2.74. The molecule has 112 valence electrons. The van der Waals surface area contributed by atoms with Gasteiger partial charge in [0.1, 0.15) is 6.61 Å². The molecule has 22 heavy (non-hydrogen) atoms. The summed E-state index contributed by atoms with van der Waals surface area (Å²) in [4.78, 5) is 23.6. The van der Waals surface area contributed by atoms with Crippen molar-refractivity contribution in [1.82, 2.24) is 5.32 Å². The first kappa shape index (κ1) is 14.3. The Morgan fingerprint density at radius 2 is 1.82 bits per heavy atom. The lowest BCUT2D eigenvalue weighted by Gasteiger charge is -2.12. The zero-order chi connectivity index (χ0) is 15.4. The number of benzene rings is 2. The summed E-state index contributed by atoms with van der Waals surface area (Å²) in [5.41, 5.74) is 2.72. The highest BCUT2D eigenvalue weighted by Crippen LogP contribution is 2.32. The highest BCUT2D eigenvalue weighted by Gasteiger charge is 2.28. The quantitative estimate of drug-likeness (QED) is 0.941. The van der Waals surface area contributed by atoms with Gasteiger partial charge in [0.2, 0.25) is 0 Å². The molecule has 3 rings (SSSR count). The van der Waals surface area contributed by atoms with Gasteiger partial charge >= 0.3 is 6.09 Å². The van der Waals surface area contributed by atoms with Crippen LogP contribution in [0.3, 0.4) is 0 Å². The fourth-order valence-electron chi connectivity index (χ4n) is 2.71. The Morgan fingerprint density at radius 1 is 1.09 bits per heavy atom. The van der Waals surface area contributed by atoms with Gasteiger partial charge in [0.25, 0.3) is 0 Å². The Bertz CT molecular complexity index is 682. The fourth-order valence-corrected chi connectivity index (χ4v) is 2.71. The largest absolute Gasteiger partial charge is 0.445 e. The molecule has 1 aliphatic carbocycles. The van der Waals surface area contributed by atoms with Crippen LogP contribution in [0.15, 0.2) is 54.6 Å². The van der Waals surface area contributed by atoms with Crippen molar-refractivity contribution < 1.29 is 14.3 Å². The van der Waals surface area contributed by atoms with Crippen LogP contribution >= 0.6 is 0 Å². The number of carbonyl (C=O) groups is 2. The predicted octanol–water partition coefficient (Wildman–Crippen LogP) is 3.28. The van der Waals surface area contributed by atoms with Crippen molar-refractivity contribution in [3.63, 3.8) is 0 Å². The number of ketones is 1. The van der Waals surface area contributed by atoms with Gasteiger partial charge in [0.05, 0.1) is 0 Å².